The average Bonchev–Trinajstić information content (AvgIpc) is 2.16. The van der Waals surface area contributed by atoms with Crippen LogP contribution in [0.3, 0.4) is 0 Å². The number of ether oxygens (including phenoxy) is 2. The second kappa shape index (κ2) is 8.68. The van der Waals surface area contributed by atoms with Crippen LogP contribution in [0.4, 0.5) is 0 Å². The van der Waals surface area contributed by atoms with Gasteiger partial charge in [0.2, 0.25) is 0 Å². The first-order valence-electron chi connectivity index (χ1n) is 5.59. The smallest absolute Gasteiger partial charge is 0.334 e. The Morgan fingerprint density at radius 3 is 2.53 bits per heavy atom. The highest BCUT2D eigenvalue weighted by atomic mass is 16.6. The van der Waals surface area contributed by atoms with Crippen LogP contribution in [0, 0.1) is 0 Å². The summed E-state index contributed by atoms with van der Waals surface area (Å²) in [5.41, 5.74) is 0. The molecular formula is C11H23NO3. The molecule has 0 fully saturated rings. The maximum absolute atomic E-state index is 11.2. The Morgan fingerprint density at radius 1 is 1.33 bits per heavy atom. The van der Waals surface area contributed by atoms with E-state index in [1.807, 2.05) is 0 Å². The van der Waals surface area contributed by atoms with Crippen LogP contribution in [0.15, 0.2) is 0 Å². The van der Waals surface area contributed by atoms with E-state index >= 15 is 0 Å². The van der Waals surface area contributed by atoms with Gasteiger partial charge in [0.1, 0.15) is 0 Å². The summed E-state index contributed by atoms with van der Waals surface area (Å²) in [6.07, 6.45) is 0.450. The topological polar surface area (TPSA) is 47.6 Å². The van der Waals surface area contributed by atoms with Crippen molar-refractivity contribution < 1.29 is 14.3 Å². The minimum absolute atomic E-state index is 0.283. The molecule has 0 saturated carbocycles. The molecule has 0 bridgehead atoms. The molecule has 0 aliphatic heterocycles. The van der Waals surface area contributed by atoms with Crippen molar-refractivity contribution in [1.82, 2.24) is 5.32 Å². The van der Waals surface area contributed by atoms with Crippen LogP contribution < -0.4 is 5.32 Å². The van der Waals surface area contributed by atoms with E-state index in [0.29, 0.717) is 19.3 Å². The highest BCUT2D eigenvalue weighted by molar-refractivity contribution is 5.74. The second-order valence-corrected chi connectivity index (χ2v) is 3.73. The van der Waals surface area contributed by atoms with Gasteiger partial charge >= 0.3 is 5.97 Å². The normalized spacial score (nSPS) is 12.9. The van der Waals surface area contributed by atoms with Crippen molar-refractivity contribution >= 4 is 5.97 Å². The lowest BCUT2D eigenvalue weighted by molar-refractivity contribution is -0.155. The summed E-state index contributed by atoms with van der Waals surface area (Å²) in [5.74, 6) is -0.283. The van der Waals surface area contributed by atoms with Crippen molar-refractivity contribution in [1.29, 1.82) is 0 Å². The van der Waals surface area contributed by atoms with Crippen molar-refractivity contribution in [2.24, 2.45) is 0 Å². The van der Waals surface area contributed by atoms with Gasteiger partial charge in [0, 0.05) is 12.6 Å². The number of hydrogen-bond acceptors (Lipinski definition) is 4. The Hall–Kier alpha value is -0.610. The van der Waals surface area contributed by atoms with Crippen LogP contribution in [0.25, 0.3) is 0 Å². The van der Waals surface area contributed by atoms with E-state index in [1.165, 1.54) is 0 Å². The lowest BCUT2D eigenvalue weighted by atomic mass is 10.3. The van der Waals surface area contributed by atoms with E-state index in [-0.39, 0.29) is 5.97 Å². The molecule has 0 spiro atoms. The summed E-state index contributed by atoms with van der Waals surface area (Å²) in [4.78, 5) is 11.2. The summed E-state index contributed by atoms with van der Waals surface area (Å²) in [6, 6.07) is 0.493. The standard InChI is InChI=1S/C11H23NO3/c1-5-14-11(13)10(4)15-8-6-7-12-9(2)3/h9-10,12H,5-8H2,1-4H3. The molecule has 0 rings (SSSR count). The van der Waals surface area contributed by atoms with E-state index < -0.39 is 6.10 Å². The van der Waals surface area contributed by atoms with Crippen LogP contribution in [-0.2, 0) is 14.3 Å². The third kappa shape index (κ3) is 8.39. The monoisotopic (exact) mass is 217 g/mol. The van der Waals surface area contributed by atoms with Gasteiger partial charge < -0.3 is 14.8 Å². The van der Waals surface area contributed by atoms with Gasteiger partial charge in [0.25, 0.3) is 0 Å². The quantitative estimate of drug-likeness (QED) is 0.492. The molecule has 0 amide bonds. The molecule has 1 unspecified atom stereocenters. The van der Waals surface area contributed by atoms with E-state index in [9.17, 15) is 4.79 Å². The maximum atomic E-state index is 11.2. The summed E-state index contributed by atoms with van der Waals surface area (Å²) < 4.78 is 10.1. The predicted molar refractivity (Wildman–Crippen MR) is 59.8 cm³/mol. The lowest BCUT2D eigenvalue weighted by Crippen LogP contribution is -2.27. The fourth-order valence-corrected chi connectivity index (χ4v) is 1.05. The molecule has 1 N–H and O–H groups in total. The van der Waals surface area contributed by atoms with Gasteiger partial charge in [-0.05, 0) is 26.8 Å². The molecule has 1 atom stereocenters. The van der Waals surface area contributed by atoms with E-state index in [4.69, 9.17) is 9.47 Å². The van der Waals surface area contributed by atoms with Gasteiger partial charge in [-0.3, -0.25) is 0 Å². The van der Waals surface area contributed by atoms with Crippen LogP contribution >= 0.6 is 0 Å². The number of hydrogen-bond donors (Lipinski definition) is 1. The summed E-state index contributed by atoms with van der Waals surface area (Å²) in [5, 5.41) is 3.28. The molecular weight excluding hydrogens is 194 g/mol. The number of esters is 1. The highest BCUT2D eigenvalue weighted by Gasteiger charge is 2.13. The average molecular weight is 217 g/mol. The van der Waals surface area contributed by atoms with Crippen molar-refractivity contribution in [3.63, 3.8) is 0 Å². The number of carbonyl (C=O) groups excluding carboxylic acids is 1. The predicted octanol–water partition coefficient (Wildman–Crippen LogP) is 1.34. The summed E-state index contributed by atoms with van der Waals surface area (Å²) in [7, 11) is 0. The van der Waals surface area contributed by atoms with E-state index in [0.717, 1.165) is 13.0 Å². The van der Waals surface area contributed by atoms with Crippen molar-refractivity contribution in [2.45, 2.75) is 46.3 Å². The first-order chi connectivity index (χ1) is 7.07. The van der Waals surface area contributed by atoms with E-state index in [2.05, 4.69) is 19.2 Å². The molecule has 4 heteroatoms. The molecule has 15 heavy (non-hydrogen) atoms. The number of rotatable bonds is 8. The van der Waals surface area contributed by atoms with Gasteiger partial charge in [-0.25, -0.2) is 4.79 Å². The zero-order valence-electron chi connectivity index (χ0n) is 10.2. The number of carbonyl (C=O) groups is 1. The van der Waals surface area contributed by atoms with Gasteiger partial charge in [0.05, 0.1) is 6.61 Å². The third-order valence-corrected chi connectivity index (χ3v) is 1.86. The fraction of sp³-hybridized carbons (Fsp3) is 0.909. The molecule has 0 aliphatic rings. The molecule has 4 nitrogen and oxygen atoms in total. The highest BCUT2D eigenvalue weighted by Crippen LogP contribution is 1.95. The first-order valence-corrected chi connectivity index (χ1v) is 5.59. The van der Waals surface area contributed by atoms with Gasteiger partial charge in [-0.2, -0.15) is 0 Å². The summed E-state index contributed by atoms with van der Waals surface area (Å²) in [6.45, 7) is 9.60. The van der Waals surface area contributed by atoms with Crippen LogP contribution in [0.1, 0.15) is 34.1 Å². The molecule has 0 aromatic carbocycles. The SMILES string of the molecule is CCOC(=O)C(C)OCCCNC(C)C. The van der Waals surface area contributed by atoms with Crippen LogP contribution in [-0.4, -0.2) is 37.9 Å². The zero-order valence-corrected chi connectivity index (χ0v) is 10.2. The van der Waals surface area contributed by atoms with Crippen LogP contribution in [0.2, 0.25) is 0 Å². The largest absolute Gasteiger partial charge is 0.464 e. The molecule has 0 heterocycles. The lowest BCUT2D eigenvalue weighted by Gasteiger charge is -2.12. The van der Waals surface area contributed by atoms with Crippen molar-refractivity contribution in [3.8, 4) is 0 Å². The Bertz CT molecular complexity index is 171. The molecule has 0 aromatic heterocycles. The van der Waals surface area contributed by atoms with E-state index in [1.54, 1.807) is 13.8 Å². The van der Waals surface area contributed by atoms with Crippen LogP contribution in [0.5, 0.6) is 0 Å². The van der Waals surface area contributed by atoms with Gasteiger partial charge in [-0.15, -0.1) is 0 Å². The molecule has 0 aliphatic carbocycles. The summed E-state index contributed by atoms with van der Waals surface area (Å²) >= 11 is 0. The van der Waals surface area contributed by atoms with Gasteiger partial charge in [-0.1, -0.05) is 13.8 Å². The maximum Gasteiger partial charge on any atom is 0.334 e. The Morgan fingerprint density at radius 2 is 2.00 bits per heavy atom. The van der Waals surface area contributed by atoms with Crippen molar-refractivity contribution in [3.05, 3.63) is 0 Å². The molecule has 0 aromatic rings. The Labute approximate surface area is 92.3 Å². The van der Waals surface area contributed by atoms with Gasteiger partial charge in [0.15, 0.2) is 6.10 Å². The second-order valence-electron chi connectivity index (χ2n) is 3.73. The molecule has 0 saturated heterocycles. The Kier molecular flexibility index (Phi) is 8.33. The minimum atomic E-state index is -0.455. The number of nitrogens with one attached hydrogen (secondary N) is 1. The minimum Gasteiger partial charge on any atom is -0.464 e. The molecule has 90 valence electrons. The first kappa shape index (κ1) is 14.4. The fourth-order valence-electron chi connectivity index (χ4n) is 1.05. The third-order valence-electron chi connectivity index (χ3n) is 1.86. The molecule has 0 radical (unpaired) electrons. The zero-order chi connectivity index (χ0) is 11.7. The van der Waals surface area contributed by atoms with Crippen molar-refractivity contribution in [2.75, 3.05) is 19.8 Å². The Balaban J connectivity index is 3.38.